The normalized spacial score (nSPS) is 13.1. The molecule has 2 heterocycles. The molecule has 2 atom stereocenters. The third-order valence-electron chi connectivity index (χ3n) is 4.61. The molecule has 0 bridgehead atoms. The Labute approximate surface area is 162 Å². The number of rotatable bonds is 6. The molecule has 0 amide bonds. The zero-order valence-electron chi connectivity index (χ0n) is 15.0. The number of benzene rings is 1. The van der Waals surface area contributed by atoms with E-state index in [9.17, 15) is 0 Å². The molecule has 2 unspecified atom stereocenters. The fourth-order valence-electron chi connectivity index (χ4n) is 3.25. The van der Waals surface area contributed by atoms with Gasteiger partial charge in [-0.2, -0.15) is 0 Å². The smallest absolute Gasteiger partial charge is 0.161 e. The lowest BCUT2D eigenvalue weighted by Gasteiger charge is -2.26. The molecule has 0 aliphatic heterocycles. The van der Waals surface area contributed by atoms with Crippen molar-refractivity contribution in [3.8, 4) is 11.5 Å². The highest BCUT2D eigenvalue weighted by molar-refractivity contribution is 9.10. The van der Waals surface area contributed by atoms with E-state index in [1.807, 2.05) is 36.8 Å². The molecule has 26 heavy (non-hydrogen) atoms. The van der Waals surface area contributed by atoms with Crippen LogP contribution < -0.4 is 9.47 Å². The van der Waals surface area contributed by atoms with E-state index in [0.29, 0.717) is 0 Å². The van der Waals surface area contributed by atoms with E-state index in [0.717, 1.165) is 27.2 Å². The lowest BCUT2D eigenvalue weighted by atomic mass is 9.79. The van der Waals surface area contributed by atoms with Crippen molar-refractivity contribution >= 4 is 15.9 Å². The SMILES string of the molecule is COc1ccc(C(c2ccc(Br)nc2)C(C)c2ccncc2)cc1OC. The van der Waals surface area contributed by atoms with Gasteiger partial charge in [0.15, 0.2) is 11.5 Å². The second-order valence-electron chi connectivity index (χ2n) is 6.08. The fourth-order valence-corrected chi connectivity index (χ4v) is 3.48. The van der Waals surface area contributed by atoms with Gasteiger partial charge in [0.05, 0.1) is 14.2 Å². The lowest BCUT2D eigenvalue weighted by Crippen LogP contribution is -2.11. The molecule has 1 aromatic carbocycles. The van der Waals surface area contributed by atoms with Crippen LogP contribution in [0.4, 0.5) is 0 Å². The zero-order valence-corrected chi connectivity index (χ0v) is 16.6. The number of ether oxygens (including phenoxy) is 2. The molecule has 0 spiro atoms. The van der Waals surface area contributed by atoms with Gasteiger partial charge in [-0.3, -0.25) is 4.98 Å². The summed E-state index contributed by atoms with van der Waals surface area (Å²) in [5.74, 6) is 1.80. The van der Waals surface area contributed by atoms with E-state index in [1.165, 1.54) is 5.56 Å². The second-order valence-corrected chi connectivity index (χ2v) is 6.89. The third-order valence-corrected chi connectivity index (χ3v) is 5.08. The molecule has 0 aliphatic carbocycles. The van der Waals surface area contributed by atoms with Gasteiger partial charge in [-0.15, -0.1) is 0 Å². The topological polar surface area (TPSA) is 44.2 Å². The Kier molecular flexibility index (Phi) is 5.89. The van der Waals surface area contributed by atoms with E-state index in [-0.39, 0.29) is 11.8 Å². The molecule has 3 rings (SSSR count). The van der Waals surface area contributed by atoms with Crippen molar-refractivity contribution in [2.75, 3.05) is 14.2 Å². The maximum absolute atomic E-state index is 5.51. The Morgan fingerprint density at radius 1 is 0.846 bits per heavy atom. The zero-order chi connectivity index (χ0) is 18.5. The molecule has 134 valence electrons. The van der Waals surface area contributed by atoms with Crippen LogP contribution in [0.1, 0.15) is 35.4 Å². The van der Waals surface area contributed by atoms with E-state index < -0.39 is 0 Å². The van der Waals surface area contributed by atoms with Crippen molar-refractivity contribution in [2.45, 2.75) is 18.8 Å². The Bertz CT molecular complexity index is 854. The van der Waals surface area contributed by atoms with Crippen molar-refractivity contribution in [3.05, 3.63) is 82.3 Å². The molecule has 5 heteroatoms. The number of nitrogens with zero attached hydrogens (tertiary/aromatic N) is 2. The monoisotopic (exact) mass is 412 g/mol. The van der Waals surface area contributed by atoms with Gasteiger partial charge < -0.3 is 9.47 Å². The quantitative estimate of drug-likeness (QED) is 0.522. The van der Waals surface area contributed by atoms with Crippen LogP contribution in [0.3, 0.4) is 0 Å². The van der Waals surface area contributed by atoms with Crippen LogP contribution >= 0.6 is 15.9 Å². The standard InChI is InChI=1S/C21H21BrN2O2/c1-14(15-8-10-23-11-9-15)21(17-5-7-20(22)24-13-17)16-4-6-18(25-2)19(12-16)26-3/h4-14,21H,1-3H3. The summed E-state index contributed by atoms with van der Waals surface area (Å²) in [7, 11) is 3.30. The van der Waals surface area contributed by atoms with E-state index >= 15 is 0 Å². The van der Waals surface area contributed by atoms with Gasteiger partial charge in [-0.1, -0.05) is 19.1 Å². The predicted molar refractivity (Wildman–Crippen MR) is 106 cm³/mol. The predicted octanol–water partition coefficient (Wildman–Crippen LogP) is 5.19. The van der Waals surface area contributed by atoms with Gasteiger partial charge in [0.25, 0.3) is 0 Å². The van der Waals surface area contributed by atoms with Crippen molar-refractivity contribution in [2.24, 2.45) is 0 Å². The second kappa shape index (κ2) is 8.32. The Balaban J connectivity index is 2.10. The van der Waals surface area contributed by atoms with Gasteiger partial charge >= 0.3 is 0 Å². The summed E-state index contributed by atoms with van der Waals surface area (Å²) in [6.07, 6.45) is 5.58. The summed E-state index contributed by atoms with van der Waals surface area (Å²) in [5.41, 5.74) is 3.52. The highest BCUT2D eigenvalue weighted by Crippen LogP contribution is 2.41. The summed E-state index contributed by atoms with van der Waals surface area (Å²) in [6.45, 7) is 2.22. The molecule has 0 fully saturated rings. The molecule has 0 saturated heterocycles. The van der Waals surface area contributed by atoms with Crippen LogP contribution in [-0.2, 0) is 0 Å². The number of hydrogen-bond donors (Lipinski definition) is 0. The molecule has 4 nitrogen and oxygen atoms in total. The van der Waals surface area contributed by atoms with Crippen molar-refractivity contribution < 1.29 is 9.47 Å². The van der Waals surface area contributed by atoms with Crippen LogP contribution in [0.25, 0.3) is 0 Å². The summed E-state index contributed by atoms with van der Waals surface area (Å²) < 4.78 is 11.7. The fraction of sp³-hybridized carbons (Fsp3) is 0.238. The first kappa shape index (κ1) is 18.4. The third kappa shape index (κ3) is 3.88. The minimum atomic E-state index is 0.123. The van der Waals surface area contributed by atoms with Crippen molar-refractivity contribution in [1.82, 2.24) is 9.97 Å². The van der Waals surface area contributed by atoms with Gasteiger partial charge in [0.2, 0.25) is 0 Å². The van der Waals surface area contributed by atoms with Crippen LogP contribution in [0.2, 0.25) is 0 Å². The van der Waals surface area contributed by atoms with Gasteiger partial charge in [0, 0.05) is 24.5 Å². The molecular weight excluding hydrogens is 392 g/mol. The maximum atomic E-state index is 5.51. The van der Waals surface area contributed by atoms with Crippen LogP contribution in [0, 0.1) is 0 Å². The molecular formula is C21H21BrN2O2. The minimum absolute atomic E-state index is 0.123. The Morgan fingerprint density at radius 3 is 2.15 bits per heavy atom. The first-order valence-electron chi connectivity index (χ1n) is 8.37. The molecule has 0 radical (unpaired) electrons. The number of hydrogen-bond acceptors (Lipinski definition) is 4. The van der Waals surface area contributed by atoms with Crippen LogP contribution in [0.15, 0.2) is 65.7 Å². The van der Waals surface area contributed by atoms with E-state index in [1.54, 1.807) is 14.2 Å². The molecule has 0 aliphatic rings. The molecule has 0 saturated carbocycles. The van der Waals surface area contributed by atoms with E-state index in [4.69, 9.17) is 9.47 Å². The highest BCUT2D eigenvalue weighted by Gasteiger charge is 2.24. The Morgan fingerprint density at radius 2 is 1.54 bits per heavy atom. The number of methoxy groups -OCH3 is 2. The number of halogens is 1. The number of aromatic nitrogens is 2. The molecule has 3 aromatic rings. The lowest BCUT2D eigenvalue weighted by molar-refractivity contribution is 0.354. The minimum Gasteiger partial charge on any atom is -0.493 e. The van der Waals surface area contributed by atoms with Gasteiger partial charge in [-0.05, 0) is 68.9 Å². The maximum Gasteiger partial charge on any atom is 0.161 e. The van der Waals surface area contributed by atoms with Crippen LogP contribution in [0.5, 0.6) is 11.5 Å². The van der Waals surface area contributed by atoms with Gasteiger partial charge in [0.1, 0.15) is 4.60 Å². The van der Waals surface area contributed by atoms with Crippen LogP contribution in [-0.4, -0.2) is 24.2 Å². The average Bonchev–Trinajstić information content (AvgIpc) is 2.70. The summed E-state index contributed by atoms with van der Waals surface area (Å²) >= 11 is 3.42. The van der Waals surface area contributed by atoms with Crippen molar-refractivity contribution in [3.63, 3.8) is 0 Å². The average molecular weight is 413 g/mol. The molecule has 2 aromatic heterocycles. The first-order chi connectivity index (χ1) is 12.6. The largest absolute Gasteiger partial charge is 0.493 e. The summed E-state index contributed by atoms with van der Waals surface area (Å²) in [6, 6.07) is 14.3. The first-order valence-corrected chi connectivity index (χ1v) is 9.16. The van der Waals surface area contributed by atoms with Crippen molar-refractivity contribution in [1.29, 1.82) is 0 Å². The number of pyridine rings is 2. The summed E-state index contributed by atoms with van der Waals surface area (Å²) in [5, 5.41) is 0. The summed E-state index contributed by atoms with van der Waals surface area (Å²) in [4.78, 5) is 8.57. The Hall–Kier alpha value is -2.40. The highest BCUT2D eigenvalue weighted by atomic mass is 79.9. The van der Waals surface area contributed by atoms with Gasteiger partial charge in [-0.25, -0.2) is 4.98 Å². The van der Waals surface area contributed by atoms with E-state index in [2.05, 4.69) is 57.1 Å². The molecule has 0 N–H and O–H groups in total.